The normalized spacial score (nSPS) is 13.6. The molecule has 2 N–H and O–H groups in total. The van der Waals surface area contributed by atoms with Crippen LogP contribution in [0.4, 0.5) is 28.8 Å². The van der Waals surface area contributed by atoms with E-state index in [0.717, 1.165) is 43.4 Å². The van der Waals surface area contributed by atoms with Crippen LogP contribution in [-0.2, 0) is 4.74 Å². The summed E-state index contributed by atoms with van der Waals surface area (Å²) >= 11 is 0. The highest BCUT2D eigenvalue weighted by atomic mass is 16.5. The highest BCUT2D eigenvalue weighted by Gasteiger charge is 2.14. The van der Waals surface area contributed by atoms with Crippen LogP contribution in [0.2, 0.25) is 0 Å². The van der Waals surface area contributed by atoms with Gasteiger partial charge in [-0.25, -0.2) is 4.98 Å². The molecule has 0 spiro atoms. The maximum Gasteiger partial charge on any atom is 0.229 e. The molecular formula is C21H20N6O. The Hall–Kier alpha value is -3.63. The number of anilines is 5. The Labute approximate surface area is 163 Å². The lowest BCUT2D eigenvalue weighted by atomic mass is 10.2. The van der Waals surface area contributed by atoms with Gasteiger partial charge in [-0.2, -0.15) is 10.2 Å². The molecule has 2 aromatic carbocycles. The lowest BCUT2D eigenvalue weighted by Gasteiger charge is -2.30. The maximum absolute atomic E-state index is 8.90. The standard InChI is InChI=1S/C21H20N6O/c22-15-16-5-7-17(8-6-16)24-21-23-10-9-20(26-21)25-18-3-1-2-4-19(18)27-11-13-28-14-12-27/h1-10H,11-14H2,(H2,23,24,25,26). The number of benzene rings is 2. The second-order valence-corrected chi connectivity index (χ2v) is 6.32. The molecule has 7 nitrogen and oxygen atoms in total. The number of rotatable bonds is 5. The molecule has 0 unspecified atom stereocenters. The molecule has 1 fully saturated rings. The van der Waals surface area contributed by atoms with E-state index < -0.39 is 0 Å². The Kier molecular flexibility index (Phi) is 5.31. The number of nitriles is 1. The van der Waals surface area contributed by atoms with E-state index in [0.29, 0.717) is 17.3 Å². The van der Waals surface area contributed by atoms with Crippen molar-refractivity contribution < 1.29 is 4.74 Å². The average Bonchev–Trinajstić information content (AvgIpc) is 2.76. The van der Waals surface area contributed by atoms with Gasteiger partial charge in [0.15, 0.2) is 0 Å². The molecule has 0 aliphatic carbocycles. The molecule has 0 bridgehead atoms. The molecule has 1 aliphatic rings. The Bertz CT molecular complexity index is 977. The molecule has 0 atom stereocenters. The van der Waals surface area contributed by atoms with Gasteiger partial charge in [0.25, 0.3) is 0 Å². The monoisotopic (exact) mass is 372 g/mol. The van der Waals surface area contributed by atoms with Crippen LogP contribution in [-0.4, -0.2) is 36.3 Å². The van der Waals surface area contributed by atoms with Gasteiger partial charge >= 0.3 is 0 Å². The van der Waals surface area contributed by atoms with Crippen molar-refractivity contribution in [2.45, 2.75) is 0 Å². The summed E-state index contributed by atoms with van der Waals surface area (Å²) in [5, 5.41) is 15.5. The van der Waals surface area contributed by atoms with Gasteiger partial charge in [-0.3, -0.25) is 0 Å². The molecule has 7 heteroatoms. The fourth-order valence-corrected chi connectivity index (χ4v) is 3.04. The summed E-state index contributed by atoms with van der Waals surface area (Å²) in [6, 6.07) is 19.3. The van der Waals surface area contributed by atoms with Crippen molar-refractivity contribution in [2.24, 2.45) is 0 Å². The number of ether oxygens (including phenoxy) is 1. The third-order valence-corrected chi connectivity index (χ3v) is 4.44. The molecular weight excluding hydrogens is 352 g/mol. The lowest BCUT2D eigenvalue weighted by molar-refractivity contribution is 0.123. The van der Waals surface area contributed by atoms with E-state index in [1.165, 1.54) is 0 Å². The summed E-state index contributed by atoms with van der Waals surface area (Å²) in [6.45, 7) is 3.21. The van der Waals surface area contributed by atoms with Gasteiger partial charge in [0.1, 0.15) is 5.82 Å². The van der Waals surface area contributed by atoms with Crippen LogP contribution in [0.5, 0.6) is 0 Å². The molecule has 1 aromatic heterocycles. The number of hydrogen-bond donors (Lipinski definition) is 2. The van der Waals surface area contributed by atoms with E-state index in [-0.39, 0.29) is 0 Å². The van der Waals surface area contributed by atoms with Crippen molar-refractivity contribution in [2.75, 3.05) is 41.8 Å². The first-order valence-corrected chi connectivity index (χ1v) is 9.11. The smallest absolute Gasteiger partial charge is 0.229 e. The Balaban J connectivity index is 1.51. The van der Waals surface area contributed by atoms with Crippen molar-refractivity contribution in [1.29, 1.82) is 5.26 Å². The van der Waals surface area contributed by atoms with Gasteiger partial charge in [0, 0.05) is 25.0 Å². The van der Waals surface area contributed by atoms with Crippen LogP contribution in [0, 0.1) is 11.3 Å². The molecule has 140 valence electrons. The number of hydrogen-bond acceptors (Lipinski definition) is 7. The van der Waals surface area contributed by atoms with Crippen LogP contribution < -0.4 is 15.5 Å². The first kappa shape index (κ1) is 17.8. The topological polar surface area (TPSA) is 86.1 Å². The zero-order valence-electron chi connectivity index (χ0n) is 15.3. The fourth-order valence-electron chi connectivity index (χ4n) is 3.04. The van der Waals surface area contributed by atoms with Crippen molar-refractivity contribution in [1.82, 2.24) is 9.97 Å². The van der Waals surface area contributed by atoms with Gasteiger partial charge < -0.3 is 20.3 Å². The number of nitrogens with zero attached hydrogens (tertiary/aromatic N) is 4. The molecule has 1 aliphatic heterocycles. The largest absolute Gasteiger partial charge is 0.378 e. The molecule has 2 heterocycles. The lowest BCUT2D eigenvalue weighted by Crippen LogP contribution is -2.36. The van der Waals surface area contributed by atoms with Crippen molar-refractivity contribution in [3.8, 4) is 6.07 Å². The molecule has 1 saturated heterocycles. The van der Waals surface area contributed by atoms with Gasteiger partial charge in [0.2, 0.25) is 5.95 Å². The summed E-state index contributed by atoms with van der Waals surface area (Å²) < 4.78 is 5.46. The van der Waals surface area contributed by atoms with Crippen molar-refractivity contribution in [3.63, 3.8) is 0 Å². The van der Waals surface area contributed by atoms with E-state index in [4.69, 9.17) is 10.00 Å². The zero-order valence-corrected chi connectivity index (χ0v) is 15.3. The van der Waals surface area contributed by atoms with E-state index in [1.54, 1.807) is 18.3 Å². The van der Waals surface area contributed by atoms with E-state index in [1.807, 2.05) is 36.4 Å². The third-order valence-electron chi connectivity index (χ3n) is 4.44. The van der Waals surface area contributed by atoms with Gasteiger partial charge in [-0.1, -0.05) is 12.1 Å². The Morgan fingerprint density at radius 1 is 0.964 bits per heavy atom. The summed E-state index contributed by atoms with van der Waals surface area (Å²) in [5.74, 6) is 1.19. The van der Waals surface area contributed by atoms with Crippen LogP contribution in [0.15, 0.2) is 60.8 Å². The minimum absolute atomic E-state index is 0.485. The number of morpholine rings is 1. The first-order chi connectivity index (χ1) is 13.8. The van der Waals surface area contributed by atoms with Gasteiger partial charge in [-0.15, -0.1) is 0 Å². The molecule has 0 amide bonds. The van der Waals surface area contributed by atoms with E-state index in [9.17, 15) is 0 Å². The number of para-hydroxylation sites is 2. The maximum atomic E-state index is 8.90. The molecule has 3 aromatic rings. The van der Waals surface area contributed by atoms with Crippen molar-refractivity contribution in [3.05, 3.63) is 66.4 Å². The highest BCUT2D eigenvalue weighted by Crippen LogP contribution is 2.29. The number of aromatic nitrogens is 2. The quantitative estimate of drug-likeness (QED) is 0.706. The summed E-state index contributed by atoms with van der Waals surface area (Å²) in [6.07, 6.45) is 1.71. The number of nitrogens with one attached hydrogen (secondary N) is 2. The molecule has 0 saturated carbocycles. The highest BCUT2D eigenvalue weighted by molar-refractivity contribution is 5.74. The second kappa shape index (κ2) is 8.37. The predicted molar refractivity (Wildman–Crippen MR) is 109 cm³/mol. The van der Waals surface area contributed by atoms with Gasteiger partial charge in [-0.05, 0) is 42.5 Å². The SMILES string of the molecule is N#Cc1ccc(Nc2nccc(Nc3ccccc3N3CCOCC3)n2)cc1. The molecule has 0 radical (unpaired) electrons. The summed E-state index contributed by atoms with van der Waals surface area (Å²) in [7, 11) is 0. The van der Waals surface area contributed by atoms with Crippen LogP contribution >= 0.6 is 0 Å². The van der Waals surface area contributed by atoms with Crippen LogP contribution in [0.3, 0.4) is 0 Å². The van der Waals surface area contributed by atoms with E-state index in [2.05, 4.69) is 37.6 Å². The minimum Gasteiger partial charge on any atom is -0.378 e. The Morgan fingerprint density at radius 3 is 2.54 bits per heavy atom. The Morgan fingerprint density at radius 2 is 1.75 bits per heavy atom. The van der Waals surface area contributed by atoms with Crippen molar-refractivity contribution >= 4 is 28.8 Å². The summed E-state index contributed by atoms with van der Waals surface area (Å²) in [4.78, 5) is 11.1. The van der Waals surface area contributed by atoms with Gasteiger partial charge in [0.05, 0.1) is 36.2 Å². The summed E-state index contributed by atoms with van der Waals surface area (Å²) in [5.41, 5.74) is 3.56. The fraction of sp³-hybridized carbons (Fsp3) is 0.190. The minimum atomic E-state index is 0.485. The second-order valence-electron chi connectivity index (χ2n) is 6.32. The first-order valence-electron chi connectivity index (χ1n) is 9.11. The van der Waals surface area contributed by atoms with Crippen LogP contribution in [0.1, 0.15) is 5.56 Å². The molecule has 4 rings (SSSR count). The van der Waals surface area contributed by atoms with Crippen LogP contribution in [0.25, 0.3) is 0 Å². The average molecular weight is 372 g/mol. The van der Waals surface area contributed by atoms with E-state index >= 15 is 0 Å². The third kappa shape index (κ3) is 4.19. The molecule has 28 heavy (non-hydrogen) atoms. The predicted octanol–water partition coefficient (Wildman–Crippen LogP) is 3.67. The zero-order chi connectivity index (χ0) is 19.2.